The molecule has 32 heavy (non-hydrogen) atoms. The Morgan fingerprint density at radius 3 is 2.59 bits per heavy atom. The number of hydrogen-bond acceptors (Lipinski definition) is 6. The number of benzene rings is 2. The lowest BCUT2D eigenvalue weighted by Gasteiger charge is -2.33. The first kappa shape index (κ1) is 20.2. The van der Waals surface area contributed by atoms with Crippen LogP contribution in [0.1, 0.15) is 11.3 Å². The molecule has 0 aliphatic carbocycles. The summed E-state index contributed by atoms with van der Waals surface area (Å²) in [4.78, 5) is 21.0. The molecule has 0 atom stereocenters. The minimum Gasteiger partial charge on any atom is -0.339 e. The third-order valence-electron chi connectivity index (χ3n) is 5.88. The SMILES string of the molecule is Cc1nn(C)c2cc(-c3noc(N4CCN(C(=O)Cc5ccc(F)cc5)CC4)n3)ccc12. The first-order valence-electron chi connectivity index (χ1n) is 10.5. The predicted octanol–water partition coefficient (Wildman–Crippen LogP) is 2.96. The van der Waals surface area contributed by atoms with Gasteiger partial charge in [-0.3, -0.25) is 9.48 Å². The summed E-state index contributed by atoms with van der Waals surface area (Å²) < 4.78 is 20.4. The average molecular weight is 434 g/mol. The summed E-state index contributed by atoms with van der Waals surface area (Å²) in [5.74, 6) is 0.252. The van der Waals surface area contributed by atoms with Gasteiger partial charge >= 0.3 is 6.01 Å². The van der Waals surface area contributed by atoms with Gasteiger partial charge in [-0.1, -0.05) is 29.4 Å². The molecule has 1 aliphatic rings. The molecular weight excluding hydrogens is 411 g/mol. The Balaban J connectivity index is 1.23. The van der Waals surface area contributed by atoms with Crippen molar-refractivity contribution in [2.75, 3.05) is 31.1 Å². The number of nitrogens with zero attached hydrogens (tertiary/aromatic N) is 6. The Hall–Kier alpha value is -3.75. The Labute approximate surface area is 184 Å². The van der Waals surface area contributed by atoms with Crippen LogP contribution in [0, 0.1) is 12.7 Å². The van der Waals surface area contributed by atoms with Gasteiger partial charge in [-0.25, -0.2) is 4.39 Å². The van der Waals surface area contributed by atoms with Crippen LogP contribution >= 0.6 is 0 Å². The number of aryl methyl sites for hydroxylation is 2. The van der Waals surface area contributed by atoms with E-state index in [-0.39, 0.29) is 18.1 Å². The van der Waals surface area contributed by atoms with E-state index in [2.05, 4.69) is 15.2 Å². The molecular formula is C23H23FN6O2. The summed E-state index contributed by atoms with van der Waals surface area (Å²) in [6, 6.07) is 12.5. The van der Waals surface area contributed by atoms with Gasteiger partial charge in [-0.2, -0.15) is 10.1 Å². The van der Waals surface area contributed by atoms with Crippen LogP contribution in [0.25, 0.3) is 22.3 Å². The molecule has 0 N–H and O–H groups in total. The molecule has 0 spiro atoms. The molecule has 0 saturated carbocycles. The van der Waals surface area contributed by atoms with Gasteiger partial charge in [-0.05, 0) is 30.7 Å². The Morgan fingerprint density at radius 1 is 1.09 bits per heavy atom. The van der Waals surface area contributed by atoms with Crippen LogP contribution < -0.4 is 4.90 Å². The van der Waals surface area contributed by atoms with E-state index in [1.165, 1.54) is 12.1 Å². The zero-order valence-corrected chi connectivity index (χ0v) is 18.0. The highest BCUT2D eigenvalue weighted by Gasteiger charge is 2.25. The van der Waals surface area contributed by atoms with E-state index in [4.69, 9.17) is 4.52 Å². The van der Waals surface area contributed by atoms with Gasteiger partial charge < -0.3 is 14.3 Å². The van der Waals surface area contributed by atoms with Crippen molar-refractivity contribution in [2.45, 2.75) is 13.3 Å². The fourth-order valence-electron chi connectivity index (χ4n) is 4.07. The topological polar surface area (TPSA) is 80.3 Å². The number of fused-ring (bicyclic) bond motifs is 1. The second-order valence-corrected chi connectivity index (χ2v) is 8.01. The summed E-state index contributed by atoms with van der Waals surface area (Å²) >= 11 is 0. The van der Waals surface area contributed by atoms with Gasteiger partial charge in [0.25, 0.3) is 0 Å². The summed E-state index contributed by atoms with van der Waals surface area (Å²) in [7, 11) is 1.91. The minimum absolute atomic E-state index is 0.0299. The number of amides is 1. The normalized spacial score (nSPS) is 14.3. The molecule has 1 aliphatic heterocycles. The van der Waals surface area contributed by atoms with E-state index in [0.717, 1.165) is 27.7 Å². The van der Waals surface area contributed by atoms with Crippen LogP contribution in [0.3, 0.4) is 0 Å². The maximum absolute atomic E-state index is 13.1. The van der Waals surface area contributed by atoms with E-state index in [0.29, 0.717) is 38.0 Å². The largest absolute Gasteiger partial charge is 0.339 e. The van der Waals surface area contributed by atoms with Gasteiger partial charge in [0.1, 0.15) is 5.82 Å². The molecule has 2 aromatic heterocycles. The maximum Gasteiger partial charge on any atom is 0.324 e. The quantitative estimate of drug-likeness (QED) is 0.491. The standard InChI is InChI=1S/C23H23FN6O2/c1-15-19-8-5-17(14-20(19)28(2)26-15)22-25-23(32-27-22)30-11-9-29(10-12-30)21(31)13-16-3-6-18(24)7-4-16/h3-8,14H,9-13H2,1-2H3. The molecule has 5 rings (SSSR count). The molecule has 8 nitrogen and oxygen atoms in total. The highest BCUT2D eigenvalue weighted by molar-refractivity contribution is 5.85. The van der Waals surface area contributed by atoms with Crippen molar-refractivity contribution >= 4 is 22.8 Å². The van der Waals surface area contributed by atoms with Crippen LogP contribution in [0.4, 0.5) is 10.4 Å². The fourth-order valence-corrected chi connectivity index (χ4v) is 4.07. The Kier molecular flexibility index (Phi) is 5.08. The zero-order valence-electron chi connectivity index (χ0n) is 18.0. The van der Waals surface area contributed by atoms with Crippen LogP contribution in [0.15, 0.2) is 47.0 Å². The van der Waals surface area contributed by atoms with Crippen molar-refractivity contribution in [3.63, 3.8) is 0 Å². The number of carbonyl (C=O) groups is 1. The van der Waals surface area contributed by atoms with E-state index in [9.17, 15) is 9.18 Å². The molecule has 0 unspecified atom stereocenters. The molecule has 3 heterocycles. The molecule has 164 valence electrons. The van der Waals surface area contributed by atoms with Gasteiger partial charge in [0.15, 0.2) is 0 Å². The molecule has 0 radical (unpaired) electrons. The third-order valence-corrected chi connectivity index (χ3v) is 5.88. The molecule has 1 amide bonds. The highest BCUT2D eigenvalue weighted by Crippen LogP contribution is 2.26. The number of carbonyl (C=O) groups excluding carboxylic acids is 1. The van der Waals surface area contributed by atoms with Crippen molar-refractivity contribution in [1.29, 1.82) is 0 Å². The van der Waals surface area contributed by atoms with Gasteiger partial charge in [0.2, 0.25) is 11.7 Å². The smallest absolute Gasteiger partial charge is 0.324 e. The lowest BCUT2D eigenvalue weighted by Crippen LogP contribution is -2.49. The van der Waals surface area contributed by atoms with Crippen molar-refractivity contribution in [1.82, 2.24) is 24.8 Å². The van der Waals surface area contributed by atoms with Crippen molar-refractivity contribution in [3.8, 4) is 11.4 Å². The number of aromatic nitrogens is 4. The van der Waals surface area contributed by atoms with Crippen molar-refractivity contribution in [2.24, 2.45) is 7.05 Å². The fraction of sp³-hybridized carbons (Fsp3) is 0.304. The third kappa shape index (κ3) is 3.81. The predicted molar refractivity (Wildman–Crippen MR) is 118 cm³/mol. The van der Waals surface area contributed by atoms with Crippen molar-refractivity contribution in [3.05, 3.63) is 59.5 Å². The van der Waals surface area contributed by atoms with E-state index in [1.807, 2.05) is 46.7 Å². The Bertz CT molecular complexity index is 1270. The van der Waals surface area contributed by atoms with Gasteiger partial charge in [0.05, 0.1) is 17.6 Å². The summed E-state index contributed by atoms with van der Waals surface area (Å²) in [6.45, 7) is 4.34. The highest BCUT2D eigenvalue weighted by atomic mass is 19.1. The molecule has 1 fully saturated rings. The lowest BCUT2D eigenvalue weighted by molar-refractivity contribution is -0.130. The second kappa shape index (κ2) is 8.07. The van der Waals surface area contributed by atoms with Crippen LogP contribution in [-0.4, -0.2) is 56.9 Å². The van der Waals surface area contributed by atoms with Crippen LogP contribution in [-0.2, 0) is 18.3 Å². The number of piperazine rings is 1. The van der Waals surface area contributed by atoms with Gasteiger partial charge in [0, 0.05) is 44.2 Å². The first-order valence-corrected chi connectivity index (χ1v) is 10.5. The monoisotopic (exact) mass is 434 g/mol. The molecule has 2 aromatic carbocycles. The lowest BCUT2D eigenvalue weighted by atomic mass is 10.1. The summed E-state index contributed by atoms with van der Waals surface area (Å²) in [5, 5.41) is 9.70. The van der Waals surface area contributed by atoms with Crippen molar-refractivity contribution < 1.29 is 13.7 Å². The van der Waals surface area contributed by atoms with E-state index >= 15 is 0 Å². The molecule has 0 bridgehead atoms. The number of halogens is 1. The molecule has 9 heteroatoms. The van der Waals surface area contributed by atoms with Gasteiger partial charge in [-0.15, -0.1) is 0 Å². The number of anilines is 1. The zero-order chi connectivity index (χ0) is 22.2. The first-order chi connectivity index (χ1) is 15.5. The minimum atomic E-state index is -0.302. The van der Waals surface area contributed by atoms with Crippen LogP contribution in [0.2, 0.25) is 0 Å². The van der Waals surface area contributed by atoms with E-state index in [1.54, 1.807) is 12.1 Å². The number of rotatable bonds is 4. The molecule has 4 aromatic rings. The van der Waals surface area contributed by atoms with Crippen LogP contribution in [0.5, 0.6) is 0 Å². The van der Waals surface area contributed by atoms with E-state index < -0.39 is 0 Å². The second-order valence-electron chi connectivity index (χ2n) is 8.01. The maximum atomic E-state index is 13.1. The summed E-state index contributed by atoms with van der Waals surface area (Å²) in [6.07, 6.45) is 0.265. The summed E-state index contributed by atoms with van der Waals surface area (Å²) in [5.41, 5.74) is 3.67. The molecule has 1 saturated heterocycles. The average Bonchev–Trinajstić information content (AvgIpc) is 3.40. The Morgan fingerprint density at radius 2 is 1.84 bits per heavy atom. The number of hydrogen-bond donors (Lipinski definition) is 0.